The van der Waals surface area contributed by atoms with E-state index in [9.17, 15) is 32.3 Å². The first-order valence-electron chi connectivity index (χ1n) is 10.9. The van der Waals surface area contributed by atoms with Crippen molar-refractivity contribution in [3.63, 3.8) is 0 Å². The van der Waals surface area contributed by atoms with Gasteiger partial charge in [-0.1, -0.05) is 30.3 Å². The second kappa shape index (κ2) is 8.33. The van der Waals surface area contributed by atoms with Crippen LogP contribution in [0.15, 0.2) is 60.7 Å². The number of alkyl halides is 3. The zero-order valence-electron chi connectivity index (χ0n) is 18.7. The molecule has 36 heavy (non-hydrogen) atoms. The molecule has 3 aromatic rings. The maximum atomic E-state index is 13.1. The summed E-state index contributed by atoms with van der Waals surface area (Å²) in [7, 11) is 0. The van der Waals surface area contributed by atoms with E-state index in [1.165, 1.54) is 19.1 Å². The number of ketones is 1. The monoisotopic (exact) mass is 494 g/mol. The van der Waals surface area contributed by atoms with Crippen molar-refractivity contribution in [3.05, 3.63) is 82.9 Å². The molecule has 1 unspecified atom stereocenters. The Morgan fingerprint density at radius 3 is 2.36 bits per heavy atom. The van der Waals surface area contributed by atoms with Crippen LogP contribution in [0.1, 0.15) is 38.8 Å². The fourth-order valence-electron chi connectivity index (χ4n) is 4.32. The number of amides is 2. The predicted octanol–water partition coefficient (Wildman–Crippen LogP) is 4.45. The summed E-state index contributed by atoms with van der Waals surface area (Å²) in [6.45, 7) is 0.843. The van der Waals surface area contributed by atoms with Gasteiger partial charge in [-0.3, -0.25) is 19.3 Å². The van der Waals surface area contributed by atoms with E-state index >= 15 is 0 Å². The van der Waals surface area contributed by atoms with Crippen LogP contribution in [0.2, 0.25) is 0 Å². The molecule has 1 N–H and O–H groups in total. The molecular weight excluding hydrogens is 477 g/mol. The highest BCUT2D eigenvalue weighted by Crippen LogP contribution is 2.38. The first-order valence-corrected chi connectivity index (χ1v) is 10.9. The predicted molar refractivity (Wildman–Crippen MR) is 123 cm³/mol. The lowest BCUT2D eigenvalue weighted by Gasteiger charge is -2.31. The van der Waals surface area contributed by atoms with Crippen molar-refractivity contribution < 1.29 is 37.1 Å². The van der Waals surface area contributed by atoms with Crippen molar-refractivity contribution in [2.45, 2.75) is 19.2 Å². The Bertz CT molecular complexity index is 1460. The molecule has 2 amide bonds. The highest BCUT2D eigenvalue weighted by molar-refractivity contribution is 6.22. The topological polar surface area (TPSA) is 92.8 Å². The van der Waals surface area contributed by atoms with E-state index in [0.717, 1.165) is 28.7 Å². The van der Waals surface area contributed by atoms with Gasteiger partial charge in [0.25, 0.3) is 5.91 Å². The molecular formula is C26H17F3N2O5. The minimum Gasteiger partial charge on any atom is -0.449 e. The lowest BCUT2D eigenvalue weighted by Crippen LogP contribution is -2.47. The van der Waals surface area contributed by atoms with Gasteiger partial charge in [-0.15, -0.1) is 0 Å². The Hall–Kier alpha value is -4.47. The number of esters is 1. The number of halogens is 3. The first-order chi connectivity index (χ1) is 17.0. The average molecular weight is 494 g/mol. The summed E-state index contributed by atoms with van der Waals surface area (Å²) in [6.07, 6.45) is -5.99. The van der Waals surface area contributed by atoms with E-state index in [-0.39, 0.29) is 22.7 Å². The molecule has 3 aromatic carbocycles. The largest absolute Gasteiger partial charge is 0.449 e. The lowest BCUT2D eigenvalue weighted by molar-refractivity contribution is -0.137. The van der Waals surface area contributed by atoms with Crippen molar-refractivity contribution >= 4 is 34.9 Å². The van der Waals surface area contributed by atoms with E-state index in [1.54, 1.807) is 24.3 Å². The summed E-state index contributed by atoms with van der Waals surface area (Å²) >= 11 is 0. The fraction of sp³-hybridized carbons (Fsp3) is 0.154. The van der Waals surface area contributed by atoms with E-state index < -0.39 is 42.2 Å². The second-order valence-electron chi connectivity index (χ2n) is 8.38. The number of nitrogens with one attached hydrogen (secondary N) is 1. The maximum Gasteiger partial charge on any atom is 0.416 e. The van der Waals surface area contributed by atoms with Crippen molar-refractivity contribution in [1.29, 1.82) is 0 Å². The number of rotatable bonds is 3. The van der Waals surface area contributed by atoms with Crippen molar-refractivity contribution in [2.75, 3.05) is 16.8 Å². The Morgan fingerprint density at radius 2 is 1.64 bits per heavy atom. The Labute approximate surface area is 202 Å². The zero-order chi connectivity index (χ0) is 25.8. The molecule has 0 bridgehead atoms. The zero-order valence-corrected chi connectivity index (χ0v) is 18.7. The molecule has 0 fully saturated rings. The van der Waals surface area contributed by atoms with E-state index in [1.807, 2.05) is 6.07 Å². The molecule has 10 heteroatoms. The van der Waals surface area contributed by atoms with Crippen LogP contribution < -0.4 is 10.2 Å². The van der Waals surface area contributed by atoms with Gasteiger partial charge in [-0.2, -0.15) is 13.2 Å². The van der Waals surface area contributed by atoms with Crippen molar-refractivity contribution in [1.82, 2.24) is 0 Å². The molecule has 0 aromatic heterocycles. The van der Waals surface area contributed by atoms with Gasteiger partial charge in [0.15, 0.2) is 11.9 Å². The van der Waals surface area contributed by atoms with Crippen LogP contribution in [0.5, 0.6) is 0 Å². The first kappa shape index (κ1) is 23.3. The van der Waals surface area contributed by atoms with Gasteiger partial charge in [-0.05, 0) is 48.4 Å². The van der Waals surface area contributed by atoms with Gasteiger partial charge in [0.1, 0.15) is 6.54 Å². The van der Waals surface area contributed by atoms with Gasteiger partial charge in [-0.25, -0.2) is 4.79 Å². The van der Waals surface area contributed by atoms with Gasteiger partial charge in [0.2, 0.25) is 5.91 Å². The minimum atomic E-state index is -4.63. The quantitative estimate of drug-likeness (QED) is 0.425. The molecule has 182 valence electrons. The van der Waals surface area contributed by atoms with Crippen LogP contribution in [0.25, 0.3) is 11.1 Å². The van der Waals surface area contributed by atoms with Gasteiger partial charge in [0.05, 0.1) is 22.5 Å². The number of hydrogen-bond donors (Lipinski definition) is 1. The number of nitrogens with zero attached hydrogens (tertiary/aromatic N) is 1. The highest BCUT2D eigenvalue weighted by atomic mass is 19.4. The van der Waals surface area contributed by atoms with Gasteiger partial charge in [0, 0.05) is 11.1 Å². The van der Waals surface area contributed by atoms with E-state index in [2.05, 4.69) is 5.32 Å². The lowest BCUT2D eigenvalue weighted by atomic mass is 10.0. The molecule has 5 rings (SSSR count). The Balaban J connectivity index is 1.35. The molecule has 0 saturated carbocycles. The number of anilines is 2. The van der Waals surface area contributed by atoms with Gasteiger partial charge >= 0.3 is 12.1 Å². The molecule has 1 heterocycles. The molecule has 0 saturated heterocycles. The average Bonchev–Trinajstić information content (AvgIpc) is 3.13. The van der Waals surface area contributed by atoms with Crippen LogP contribution >= 0.6 is 0 Å². The summed E-state index contributed by atoms with van der Waals surface area (Å²) in [4.78, 5) is 51.6. The number of carbonyl (C=O) groups excluding carboxylic acids is 4. The van der Waals surface area contributed by atoms with Crippen molar-refractivity contribution in [3.8, 4) is 11.1 Å². The molecule has 2 aliphatic rings. The van der Waals surface area contributed by atoms with Crippen LogP contribution in [-0.2, 0) is 20.5 Å². The summed E-state index contributed by atoms with van der Waals surface area (Å²) < 4.78 is 44.5. The fourth-order valence-corrected chi connectivity index (χ4v) is 4.32. The van der Waals surface area contributed by atoms with Crippen LogP contribution in [0.3, 0.4) is 0 Å². The number of ether oxygens (including phenoxy) is 1. The third-order valence-electron chi connectivity index (χ3n) is 6.05. The third kappa shape index (κ3) is 3.90. The molecule has 1 atom stereocenters. The smallest absolute Gasteiger partial charge is 0.416 e. The molecule has 1 aliphatic carbocycles. The SMILES string of the molecule is CC(OC(=O)c1ccc2c(c1)C(=O)c1ccccc1-2)C(=O)N1CC(=O)Nc2cc(C(F)(F)F)ccc21. The number of hydrogen-bond acceptors (Lipinski definition) is 5. The molecule has 0 spiro atoms. The Morgan fingerprint density at radius 1 is 0.944 bits per heavy atom. The second-order valence-corrected chi connectivity index (χ2v) is 8.38. The normalized spacial score (nSPS) is 14.9. The minimum absolute atomic E-state index is 0.0522. The number of fused-ring (bicyclic) bond motifs is 4. The molecule has 1 aliphatic heterocycles. The Kier molecular flexibility index (Phi) is 5.39. The van der Waals surface area contributed by atoms with E-state index in [0.29, 0.717) is 16.7 Å². The summed E-state index contributed by atoms with van der Waals surface area (Å²) in [5, 5.41) is 2.33. The highest BCUT2D eigenvalue weighted by Gasteiger charge is 2.36. The van der Waals surface area contributed by atoms with E-state index in [4.69, 9.17) is 4.74 Å². The van der Waals surface area contributed by atoms with Crippen LogP contribution in [0, 0.1) is 0 Å². The summed E-state index contributed by atoms with van der Waals surface area (Å²) in [5.74, 6) is -2.57. The number of benzene rings is 3. The van der Waals surface area contributed by atoms with Crippen LogP contribution in [-0.4, -0.2) is 36.2 Å². The maximum absolute atomic E-state index is 13.1. The molecule has 0 radical (unpaired) electrons. The third-order valence-corrected chi connectivity index (χ3v) is 6.05. The molecule has 7 nitrogen and oxygen atoms in total. The standard InChI is InChI=1S/C26H17F3N2O5/c1-13(24(34)31-12-22(32)30-20-11-15(26(27,28)29)7-9-21(20)31)36-25(35)14-6-8-17-16-4-2-3-5-18(16)23(33)19(17)10-14/h2-11,13H,12H2,1H3,(H,30,32). The summed E-state index contributed by atoms with van der Waals surface area (Å²) in [5.41, 5.74) is 1.26. The van der Waals surface area contributed by atoms with Crippen LogP contribution in [0.4, 0.5) is 24.5 Å². The number of carbonyl (C=O) groups is 4. The summed E-state index contributed by atoms with van der Waals surface area (Å²) in [6, 6.07) is 14.2. The van der Waals surface area contributed by atoms with Crippen molar-refractivity contribution in [2.24, 2.45) is 0 Å². The van der Waals surface area contributed by atoms with Gasteiger partial charge < -0.3 is 10.1 Å².